The Labute approximate surface area is 160 Å². The predicted octanol–water partition coefficient (Wildman–Crippen LogP) is 0.525. The number of hydrogen-bond donors (Lipinski definition) is 3. The van der Waals surface area contributed by atoms with Crippen molar-refractivity contribution in [1.82, 2.24) is 20.9 Å². The second-order valence-electron chi connectivity index (χ2n) is 6.76. The number of nitrogens with zero attached hydrogens (tertiary/aromatic N) is 2. The number of methoxy groups -OCH3 is 1. The third-order valence-corrected chi connectivity index (χ3v) is 5.38. The van der Waals surface area contributed by atoms with Crippen molar-refractivity contribution in [2.45, 2.75) is 38.8 Å². The summed E-state index contributed by atoms with van der Waals surface area (Å²) in [6.45, 7) is 7.29. The summed E-state index contributed by atoms with van der Waals surface area (Å²) in [5.41, 5.74) is -0.173. The molecule has 3 amide bonds. The zero-order valence-corrected chi connectivity index (χ0v) is 17.3. The highest BCUT2D eigenvalue weighted by Gasteiger charge is 2.58. The molecule has 2 unspecified atom stereocenters. The lowest BCUT2D eigenvalue weighted by Gasteiger charge is -2.59. The molecule has 2 fully saturated rings. The van der Waals surface area contributed by atoms with Gasteiger partial charge in [-0.3, -0.25) is 14.7 Å². The normalized spacial score (nSPS) is 28.8. The molecule has 138 valence electrons. The van der Waals surface area contributed by atoms with Gasteiger partial charge in [-0.2, -0.15) is 0 Å². The van der Waals surface area contributed by atoms with Gasteiger partial charge in [0.1, 0.15) is 0 Å². The number of amides is 3. The van der Waals surface area contributed by atoms with Crippen molar-refractivity contribution in [1.29, 1.82) is 0 Å². The second-order valence-corrected chi connectivity index (χ2v) is 6.76. The maximum Gasteiger partial charge on any atom is 0.324 e. The molecule has 2 rings (SSSR count). The van der Waals surface area contributed by atoms with E-state index >= 15 is 0 Å². The number of hydrogen-bond acceptors (Lipinski definition) is 4. The summed E-state index contributed by atoms with van der Waals surface area (Å²) < 4.78 is 5.62. The lowest BCUT2D eigenvalue weighted by Crippen LogP contribution is -2.69. The minimum absolute atomic E-state index is 0. The molecule has 0 bridgehead atoms. The van der Waals surface area contributed by atoms with Crippen LogP contribution in [0.25, 0.3) is 0 Å². The van der Waals surface area contributed by atoms with Crippen LogP contribution < -0.4 is 16.0 Å². The molecule has 0 aromatic carbocycles. The lowest BCUT2D eigenvalue weighted by atomic mass is 9.56. The summed E-state index contributed by atoms with van der Waals surface area (Å²) in [5, 5.41) is 9.03. The Morgan fingerprint density at radius 2 is 2.08 bits per heavy atom. The van der Waals surface area contributed by atoms with E-state index in [9.17, 15) is 9.59 Å². The number of aliphatic imine (C=N–C) groups is 1. The van der Waals surface area contributed by atoms with Gasteiger partial charge < -0.3 is 20.7 Å². The van der Waals surface area contributed by atoms with Gasteiger partial charge in [0.05, 0.1) is 12.1 Å². The fraction of sp³-hybridized carbons (Fsp3) is 0.800. The Bertz CT molecular complexity index is 509. The number of rotatable bonds is 5. The second kappa shape index (κ2) is 7.85. The van der Waals surface area contributed by atoms with Crippen molar-refractivity contribution >= 4 is 41.9 Å². The summed E-state index contributed by atoms with van der Waals surface area (Å²) in [4.78, 5) is 28.4. The Morgan fingerprint density at radius 1 is 1.42 bits per heavy atom. The van der Waals surface area contributed by atoms with Gasteiger partial charge in [-0.25, -0.2) is 4.79 Å². The molecular formula is C15H28IN5O3. The Hall–Kier alpha value is -1.10. The SMILES string of the molecule is CN=C(NCCN1C(=O)CNC1=O)NC1CC(C)(OC)C1(C)C.I. The fourth-order valence-electron chi connectivity index (χ4n) is 3.05. The van der Waals surface area contributed by atoms with Crippen molar-refractivity contribution in [3.63, 3.8) is 0 Å². The summed E-state index contributed by atoms with van der Waals surface area (Å²) in [5.74, 6) is 0.462. The highest BCUT2D eigenvalue weighted by atomic mass is 127. The molecular weight excluding hydrogens is 425 g/mol. The van der Waals surface area contributed by atoms with Crippen LogP contribution in [0, 0.1) is 5.41 Å². The highest BCUT2D eigenvalue weighted by Crippen LogP contribution is 2.51. The summed E-state index contributed by atoms with van der Waals surface area (Å²) in [6.07, 6.45) is 0.893. The summed E-state index contributed by atoms with van der Waals surface area (Å²) in [6, 6.07) is -0.0916. The predicted molar refractivity (Wildman–Crippen MR) is 103 cm³/mol. The monoisotopic (exact) mass is 453 g/mol. The number of imide groups is 1. The van der Waals surface area contributed by atoms with E-state index in [4.69, 9.17) is 4.74 Å². The number of urea groups is 1. The molecule has 1 saturated carbocycles. The van der Waals surface area contributed by atoms with Crippen molar-refractivity contribution in [2.75, 3.05) is 33.8 Å². The van der Waals surface area contributed by atoms with Crippen LogP contribution in [0.1, 0.15) is 27.2 Å². The molecule has 8 nitrogen and oxygen atoms in total. The molecule has 1 aliphatic heterocycles. The van der Waals surface area contributed by atoms with Crippen LogP contribution in [0.4, 0.5) is 4.79 Å². The van der Waals surface area contributed by atoms with Crippen LogP contribution in [0.5, 0.6) is 0 Å². The molecule has 2 aliphatic rings. The van der Waals surface area contributed by atoms with Gasteiger partial charge in [0, 0.05) is 38.7 Å². The van der Waals surface area contributed by atoms with E-state index in [0.29, 0.717) is 19.0 Å². The Balaban J connectivity index is 0.00000288. The number of carbonyl (C=O) groups excluding carboxylic acids is 2. The van der Waals surface area contributed by atoms with Crippen LogP contribution in [0.3, 0.4) is 0 Å². The third-order valence-electron chi connectivity index (χ3n) is 5.38. The highest BCUT2D eigenvalue weighted by molar-refractivity contribution is 14.0. The Kier molecular flexibility index (Phi) is 6.85. The van der Waals surface area contributed by atoms with Crippen molar-refractivity contribution in [2.24, 2.45) is 10.4 Å². The number of ether oxygens (including phenoxy) is 1. The van der Waals surface area contributed by atoms with Gasteiger partial charge >= 0.3 is 6.03 Å². The first-order valence-corrected chi connectivity index (χ1v) is 7.85. The lowest BCUT2D eigenvalue weighted by molar-refractivity contribution is -0.176. The maximum absolute atomic E-state index is 11.5. The minimum Gasteiger partial charge on any atom is -0.378 e. The molecule has 1 saturated heterocycles. The van der Waals surface area contributed by atoms with Gasteiger partial charge in [0.25, 0.3) is 0 Å². The van der Waals surface area contributed by atoms with Crippen LogP contribution in [-0.2, 0) is 9.53 Å². The maximum atomic E-state index is 11.5. The van der Waals surface area contributed by atoms with E-state index < -0.39 is 0 Å². The minimum atomic E-state index is -0.337. The van der Waals surface area contributed by atoms with Crippen LogP contribution in [0.2, 0.25) is 0 Å². The number of nitrogens with one attached hydrogen (secondary N) is 3. The first-order chi connectivity index (χ1) is 10.7. The summed E-state index contributed by atoms with van der Waals surface area (Å²) in [7, 11) is 3.44. The summed E-state index contributed by atoms with van der Waals surface area (Å²) >= 11 is 0. The van der Waals surface area contributed by atoms with E-state index in [1.165, 1.54) is 4.90 Å². The molecule has 1 aliphatic carbocycles. The van der Waals surface area contributed by atoms with E-state index in [0.717, 1.165) is 6.42 Å². The van der Waals surface area contributed by atoms with Crippen LogP contribution >= 0.6 is 24.0 Å². The largest absolute Gasteiger partial charge is 0.378 e. The van der Waals surface area contributed by atoms with E-state index in [2.05, 4.69) is 41.7 Å². The molecule has 24 heavy (non-hydrogen) atoms. The standard InChI is InChI=1S/C15H27N5O3.HI/c1-14(2)10(8-15(14,3)23-5)19-12(16-4)17-6-7-20-11(21)9-18-13(20)22;/h10H,6-9H2,1-5H3,(H,18,22)(H2,16,17,19);1H. The molecule has 3 N–H and O–H groups in total. The first kappa shape index (κ1) is 20.9. The van der Waals surface area contributed by atoms with Crippen molar-refractivity contribution < 1.29 is 14.3 Å². The first-order valence-electron chi connectivity index (χ1n) is 7.85. The molecule has 0 spiro atoms. The number of guanidine groups is 1. The zero-order valence-electron chi connectivity index (χ0n) is 14.9. The van der Waals surface area contributed by atoms with Gasteiger partial charge in [-0.1, -0.05) is 13.8 Å². The number of halogens is 1. The molecule has 0 aromatic rings. The molecule has 2 atom stereocenters. The smallest absolute Gasteiger partial charge is 0.324 e. The van der Waals surface area contributed by atoms with Crippen LogP contribution in [0.15, 0.2) is 4.99 Å². The van der Waals surface area contributed by atoms with E-state index in [-0.39, 0.29) is 59.5 Å². The quantitative estimate of drug-likeness (QED) is 0.244. The van der Waals surface area contributed by atoms with Gasteiger partial charge in [-0.15, -0.1) is 24.0 Å². The van der Waals surface area contributed by atoms with E-state index in [1.807, 2.05) is 0 Å². The van der Waals surface area contributed by atoms with Gasteiger partial charge in [0.2, 0.25) is 5.91 Å². The fourth-order valence-corrected chi connectivity index (χ4v) is 3.05. The number of carbonyl (C=O) groups is 2. The van der Waals surface area contributed by atoms with E-state index in [1.54, 1.807) is 14.2 Å². The molecule has 0 aromatic heterocycles. The zero-order chi connectivity index (χ0) is 17.3. The average molecular weight is 453 g/mol. The molecule has 9 heteroatoms. The molecule has 1 heterocycles. The Morgan fingerprint density at radius 3 is 2.54 bits per heavy atom. The molecule has 0 radical (unpaired) electrons. The van der Waals surface area contributed by atoms with Crippen molar-refractivity contribution in [3.8, 4) is 0 Å². The van der Waals surface area contributed by atoms with Gasteiger partial charge in [0.15, 0.2) is 5.96 Å². The van der Waals surface area contributed by atoms with Crippen molar-refractivity contribution in [3.05, 3.63) is 0 Å². The third kappa shape index (κ3) is 3.76. The van der Waals surface area contributed by atoms with Gasteiger partial charge in [-0.05, 0) is 13.3 Å². The van der Waals surface area contributed by atoms with Crippen LogP contribution in [-0.4, -0.2) is 68.2 Å². The topological polar surface area (TPSA) is 95.1 Å². The average Bonchev–Trinajstić information content (AvgIpc) is 2.84.